The van der Waals surface area contributed by atoms with E-state index in [1.54, 1.807) is 0 Å². The van der Waals surface area contributed by atoms with Crippen molar-refractivity contribution in [1.29, 1.82) is 0 Å². The van der Waals surface area contributed by atoms with Gasteiger partial charge in [-0.05, 0) is 38.7 Å². The maximum absolute atomic E-state index is 12.3. The molecule has 2 aliphatic rings. The molecular weight excluding hydrogens is 316 g/mol. The Morgan fingerprint density at radius 3 is 2.80 bits per heavy atom. The van der Waals surface area contributed by atoms with Crippen LogP contribution in [0.2, 0.25) is 0 Å². The van der Waals surface area contributed by atoms with E-state index < -0.39 is 0 Å². The molecule has 5 heteroatoms. The minimum Gasteiger partial charge on any atom is -0.483 e. The molecule has 2 heterocycles. The number of amides is 1. The van der Waals surface area contributed by atoms with Crippen LogP contribution in [0.5, 0.6) is 5.75 Å². The van der Waals surface area contributed by atoms with Crippen molar-refractivity contribution < 1.29 is 14.3 Å². The smallest absolute Gasteiger partial charge is 0.260 e. The van der Waals surface area contributed by atoms with Gasteiger partial charge in [-0.3, -0.25) is 4.79 Å². The summed E-state index contributed by atoms with van der Waals surface area (Å²) in [5.41, 5.74) is 1.12. The third-order valence-corrected chi connectivity index (χ3v) is 5.30. The third kappa shape index (κ3) is 4.53. The van der Waals surface area contributed by atoms with Crippen LogP contribution in [0, 0.1) is 0 Å². The number of hydrogen-bond donors (Lipinski definition) is 1. The third-order valence-electron chi connectivity index (χ3n) is 5.30. The zero-order chi connectivity index (χ0) is 17.6. The topological polar surface area (TPSA) is 50.8 Å². The first-order valence-corrected chi connectivity index (χ1v) is 9.56. The van der Waals surface area contributed by atoms with Crippen molar-refractivity contribution in [1.82, 2.24) is 10.2 Å². The summed E-state index contributed by atoms with van der Waals surface area (Å²) in [6, 6.07) is 8.62. The molecule has 0 radical (unpaired) electrons. The van der Waals surface area contributed by atoms with E-state index in [1.807, 2.05) is 23.1 Å². The van der Waals surface area contributed by atoms with Crippen molar-refractivity contribution in [2.45, 2.75) is 57.7 Å². The Morgan fingerprint density at radius 2 is 2.12 bits per heavy atom. The normalized spacial score (nSPS) is 24.5. The average molecular weight is 346 g/mol. The Balaban J connectivity index is 1.65. The Kier molecular flexibility index (Phi) is 6.32. The molecule has 2 saturated heterocycles. The molecule has 1 aromatic rings. The van der Waals surface area contributed by atoms with E-state index in [-0.39, 0.29) is 24.7 Å². The van der Waals surface area contributed by atoms with Crippen LogP contribution in [0.25, 0.3) is 0 Å². The molecule has 138 valence electrons. The molecule has 2 aliphatic heterocycles. The molecule has 1 amide bonds. The first-order valence-electron chi connectivity index (χ1n) is 9.56. The van der Waals surface area contributed by atoms with Crippen LogP contribution in [0.1, 0.15) is 51.1 Å². The number of ether oxygens (including phenoxy) is 2. The Morgan fingerprint density at radius 1 is 1.36 bits per heavy atom. The molecule has 0 spiro atoms. The van der Waals surface area contributed by atoms with E-state index >= 15 is 0 Å². The molecule has 3 rings (SSSR count). The molecule has 0 bridgehead atoms. The lowest BCUT2D eigenvalue weighted by molar-refractivity contribution is -0.132. The van der Waals surface area contributed by atoms with Crippen LogP contribution >= 0.6 is 0 Å². The lowest BCUT2D eigenvalue weighted by atomic mass is 10.0. The molecular formula is C20H30N2O3. The highest BCUT2D eigenvalue weighted by Crippen LogP contribution is 2.29. The molecule has 1 N–H and O–H groups in total. The van der Waals surface area contributed by atoms with E-state index in [0.717, 1.165) is 56.7 Å². The van der Waals surface area contributed by atoms with Crippen molar-refractivity contribution in [3.8, 4) is 5.75 Å². The maximum Gasteiger partial charge on any atom is 0.260 e. The fourth-order valence-electron chi connectivity index (χ4n) is 3.73. The van der Waals surface area contributed by atoms with Gasteiger partial charge < -0.3 is 19.7 Å². The highest BCUT2D eigenvalue weighted by molar-refractivity contribution is 5.78. The van der Waals surface area contributed by atoms with Gasteiger partial charge >= 0.3 is 0 Å². The molecule has 5 nitrogen and oxygen atoms in total. The number of carbonyl (C=O) groups excluding carboxylic acids is 1. The van der Waals surface area contributed by atoms with Crippen LogP contribution < -0.4 is 10.1 Å². The molecule has 2 fully saturated rings. The molecule has 0 saturated carbocycles. The van der Waals surface area contributed by atoms with Gasteiger partial charge in [0.1, 0.15) is 5.75 Å². The van der Waals surface area contributed by atoms with Crippen LogP contribution in [0.15, 0.2) is 24.3 Å². The standard InChI is InChI=1S/C20H30N2O3/c1-3-17(21-18-10-13-24-15(18)2)16-8-4-5-9-19(16)25-14-20(23)22-11-6-7-12-22/h4-5,8-9,15,17-18,21H,3,6-7,10-14H2,1-2H3/t15-,17+,18-/m1/s1. The molecule has 0 aliphatic carbocycles. The van der Waals surface area contributed by atoms with Crippen molar-refractivity contribution in [3.05, 3.63) is 29.8 Å². The molecule has 0 aromatic heterocycles. The Hall–Kier alpha value is -1.59. The Bertz CT molecular complexity index is 572. The highest BCUT2D eigenvalue weighted by atomic mass is 16.5. The second-order valence-electron chi connectivity index (χ2n) is 7.01. The summed E-state index contributed by atoms with van der Waals surface area (Å²) in [4.78, 5) is 14.2. The minimum absolute atomic E-state index is 0.0890. The zero-order valence-corrected chi connectivity index (χ0v) is 15.4. The van der Waals surface area contributed by atoms with Crippen LogP contribution in [-0.2, 0) is 9.53 Å². The van der Waals surface area contributed by atoms with Crippen LogP contribution in [0.3, 0.4) is 0 Å². The van der Waals surface area contributed by atoms with Gasteiger partial charge in [0.25, 0.3) is 5.91 Å². The zero-order valence-electron chi connectivity index (χ0n) is 15.4. The summed E-state index contributed by atoms with van der Waals surface area (Å²) in [5, 5.41) is 3.71. The summed E-state index contributed by atoms with van der Waals surface area (Å²) < 4.78 is 11.6. The summed E-state index contributed by atoms with van der Waals surface area (Å²) in [5.74, 6) is 0.895. The average Bonchev–Trinajstić information content (AvgIpc) is 3.30. The molecule has 3 atom stereocenters. The van der Waals surface area contributed by atoms with E-state index in [2.05, 4.69) is 25.2 Å². The first kappa shape index (κ1) is 18.2. The van der Waals surface area contributed by atoms with E-state index in [1.165, 1.54) is 0 Å². The predicted molar refractivity (Wildman–Crippen MR) is 97.7 cm³/mol. The van der Waals surface area contributed by atoms with E-state index in [4.69, 9.17) is 9.47 Å². The maximum atomic E-state index is 12.3. The van der Waals surface area contributed by atoms with Crippen LogP contribution in [0.4, 0.5) is 0 Å². The number of rotatable bonds is 7. The minimum atomic E-state index is 0.0890. The highest BCUT2D eigenvalue weighted by Gasteiger charge is 2.27. The van der Waals surface area contributed by atoms with Gasteiger partial charge in [0.15, 0.2) is 6.61 Å². The summed E-state index contributed by atoms with van der Waals surface area (Å²) in [7, 11) is 0. The van der Waals surface area contributed by atoms with Gasteiger partial charge in [-0.15, -0.1) is 0 Å². The number of carbonyl (C=O) groups is 1. The van der Waals surface area contributed by atoms with Gasteiger partial charge in [-0.1, -0.05) is 25.1 Å². The van der Waals surface area contributed by atoms with Gasteiger partial charge in [-0.2, -0.15) is 0 Å². The number of benzene rings is 1. The van der Waals surface area contributed by atoms with E-state index in [9.17, 15) is 4.79 Å². The lowest BCUT2D eigenvalue weighted by Gasteiger charge is -2.26. The number of hydrogen-bond acceptors (Lipinski definition) is 4. The molecule has 1 aromatic carbocycles. The van der Waals surface area contributed by atoms with Crippen molar-refractivity contribution in [3.63, 3.8) is 0 Å². The summed E-state index contributed by atoms with van der Waals surface area (Å²) >= 11 is 0. The van der Waals surface area contributed by atoms with E-state index in [0.29, 0.717) is 6.04 Å². The fraction of sp³-hybridized carbons (Fsp3) is 0.650. The number of para-hydroxylation sites is 1. The van der Waals surface area contributed by atoms with Crippen molar-refractivity contribution >= 4 is 5.91 Å². The summed E-state index contributed by atoms with van der Waals surface area (Å²) in [6.07, 6.45) is 4.44. The summed E-state index contributed by atoms with van der Waals surface area (Å²) in [6.45, 7) is 6.96. The van der Waals surface area contributed by atoms with Gasteiger partial charge in [0, 0.05) is 37.3 Å². The van der Waals surface area contributed by atoms with Crippen LogP contribution in [-0.4, -0.2) is 49.3 Å². The van der Waals surface area contributed by atoms with Gasteiger partial charge in [0.2, 0.25) is 0 Å². The quantitative estimate of drug-likeness (QED) is 0.825. The largest absolute Gasteiger partial charge is 0.483 e. The lowest BCUT2D eigenvalue weighted by Crippen LogP contribution is -2.37. The van der Waals surface area contributed by atoms with Crippen molar-refractivity contribution in [2.75, 3.05) is 26.3 Å². The van der Waals surface area contributed by atoms with Gasteiger partial charge in [-0.25, -0.2) is 0 Å². The second-order valence-corrected chi connectivity index (χ2v) is 7.01. The number of nitrogens with one attached hydrogen (secondary N) is 1. The second kappa shape index (κ2) is 8.68. The fourth-order valence-corrected chi connectivity index (χ4v) is 3.73. The molecule has 25 heavy (non-hydrogen) atoms. The molecule has 0 unspecified atom stereocenters. The Labute approximate surface area is 150 Å². The predicted octanol–water partition coefficient (Wildman–Crippen LogP) is 2.91. The number of likely N-dealkylation sites (tertiary alicyclic amines) is 1. The van der Waals surface area contributed by atoms with Crippen molar-refractivity contribution in [2.24, 2.45) is 0 Å². The monoisotopic (exact) mass is 346 g/mol. The first-order chi connectivity index (χ1) is 12.2. The number of nitrogens with zero attached hydrogens (tertiary/aromatic N) is 1. The van der Waals surface area contributed by atoms with Gasteiger partial charge in [0.05, 0.1) is 6.10 Å². The SMILES string of the molecule is CC[C@H](N[C@@H]1CCO[C@@H]1C)c1ccccc1OCC(=O)N1CCCC1.